The Bertz CT molecular complexity index is 128. The number of hydrogen-bond acceptors (Lipinski definition) is 1. The van der Waals surface area contributed by atoms with Gasteiger partial charge >= 0.3 is 0 Å². The molecule has 0 fully saturated rings. The van der Waals surface area contributed by atoms with Gasteiger partial charge in [-0.05, 0) is 19.8 Å². The first-order chi connectivity index (χ1) is 5.08. The van der Waals surface area contributed by atoms with Gasteiger partial charge in [0.05, 0.1) is 0 Å². The molecule has 0 aromatic carbocycles. The third kappa shape index (κ3) is 3.40. The monoisotopic (exact) mass is 157 g/mol. The second kappa shape index (κ2) is 4.37. The van der Waals surface area contributed by atoms with E-state index in [2.05, 4.69) is 26.1 Å². The summed E-state index contributed by atoms with van der Waals surface area (Å²) in [7, 11) is 0. The van der Waals surface area contributed by atoms with Gasteiger partial charge in [0.1, 0.15) is 0 Å². The molecule has 2 heteroatoms. The molecule has 0 radical (unpaired) electrons. The van der Waals surface area contributed by atoms with E-state index in [0.717, 1.165) is 12.8 Å². The Hall–Kier alpha value is -0.530. The largest absolute Gasteiger partial charge is 0.351 e. The highest BCUT2D eigenvalue weighted by Gasteiger charge is 2.20. The first-order valence-corrected chi connectivity index (χ1v) is 4.39. The maximum absolute atomic E-state index is 11.0. The van der Waals surface area contributed by atoms with Crippen LogP contribution >= 0.6 is 0 Å². The van der Waals surface area contributed by atoms with Gasteiger partial charge in [0.15, 0.2) is 0 Å². The Morgan fingerprint density at radius 1 is 1.27 bits per heavy atom. The highest BCUT2D eigenvalue weighted by molar-refractivity contribution is 5.76. The zero-order valence-corrected chi connectivity index (χ0v) is 8.03. The van der Waals surface area contributed by atoms with Crippen molar-refractivity contribution in [3.63, 3.8) is 0 Å². The molecule has 0 aliphatic carbocycles. The summed E-state index contributed by atoms with van der Waals surface area (Å²) in [6.07, 6.45) is 2.57. The molecule has 0 bridgehead atoms. The van der Waals surface area contributed by atoms with Crippen molar-refractivity contribution in [2.24, 2.45) is 0 Å². The SMILES string of the molecule is CCC(=O)NC(C)(CC)CC. The van der Waals surface area contributed by atoms with E-state index in [9.17, 15) is 4.79 Å². The molecule has 1 amide bonds. The normalized spacial score (nSPS) is 11.3. The molecular weight excluding hydrogens is 138 g/mol. The highest BCUT2D eigenvalue weighted by Crippen LogP contribution is 2.13. The van der Waals surface area contributed by atoms with Crippen LogP contribution in [-0.2, 0) is 4.79 Å². The summed E-state index contributed by atoms with van der Waals surface area (Å²) >= 11 is 0. The van der Waals surface area contributed by atoms with E-state index >= 15 is 0 Å². The first kappa shape index (κ1) is 10.5. The molecule has 11 heavy (non-hydrogen) atoms. The van der Waals surface area contributed by atoms with Crippen LogP contribution in [0.1, 0.15) is 47.0 Å². The van der Waals surface area contributed by atoms with Gasteiger partial charge in [0.25, 0.3) is 0 Å². The van der Waals surface area contributed by atoms with Crippen LogP contribution in [-0.4, -0.2) is 11.4 Å². The van der Waals surface area contributed by atoms with Crippen molar-refractivity contribution in [2.75, 3.05) is 0 Å². The van der Waals surface area contributed by atoms with Crippen LogP contribution in [0, 0.1) is 0 Å². The van der Waals surface area contributed by atoms with Crippen molar-refractivity contribution >= 4 is 5.91 Å². The van der Waals surface area contributed by atoms with Gasteiger partial charge < -0.3 is 5.32 Å². The van der Waals surface area contributed by atoms with Gasteiger partial charge in [0, 0.05) is 12.0 Å². The number of carbonyl (C=O) groups excluding carboxylic acids is 1. The predicted molar refractivity (Wildman–Crippen MR) is 47.4 cm³/mol. The summed E-state index contributed by atoms with van der Waals surface area (Å²) < 4.78 is 0. The fourth-order valence-corrected chi connectivity index (χ4v) is 0.852. The lowest BCUT2D eigenvalue weighted by molar-refractivity contribution is -0.122. The molecule has 0 rings (SSSR count). The fraction of sp³-hybridized carbons (Fsp3) is 0.889. The first-order valence-electron chi connectivity index (χ1n) is 4.39. The van der Waals surface area contributed by atoms with Gasteiger partial charge in [-0.3, -0.25) is 4.79 Å². The summed E-state index contributed by atoms with van der Waals surface area (Å²) in [6, 6.07) is 0. The summed E-state index contributed by atoms with van der Waals surface area (Å²) in [5.41, 5.74) is 0.00704. The average Bonchev–Trinajstić information content (AvgIpc) is 2.04. The summed E-state index contributed by atoms with van der Waals surface area (Å²) in [4.78, 5) is 11.0. The van der Waals surface area contributed by atoms with Gasteiger partial charge in [0.2, 0.25) is 5.91 Å². The molecule has 0 unspecified atom stereocenters. The lowest BCUT2D eigenvalue weighted by Crippen LogP contribution is -2.44. The Kier molecular flexibility index (Phi) is 4.16. The Morgan fingerprint density at radius 3 is 2.00 bits per heavy atom. The Morgan fingerprint density at radius 2 is 1.73 bits per heavy atom. The van der Waals surface area contributed by atoms with Gasteiger partial charge in [-0.25, -0.2) is 0 Å². The molecule has 66 valence electrons. The summed E-state index contributed by atoms with van der Waals surface area (Å²) in [5.74, 6) is 0.149. The molecule has 0 aromatic rings. The van der Waals surface area contributed by atoms with Gasteiger partial charge in [-0.1, -0.05) is 20.8 Å². The van der Waals surface area contributed by atoms with Gasteiger partial charge in [-0.2, -0.15) is 0 Å². The third-order valence-corrected chi connectivity index (χ3v) is 2.32. The van der Waals surface area contributed by atoms with Crippen molar-refractivity contribution in [3.05, 3.63) is 0 Å². The minimum Gasteiger partial charge on any atom is -0.351 e. The van der Waals surface area contributed by atoms with Crippen LogP contribution in [0.25, 0.3) is 0 Å². The number of rotatable bonds is 4. The smallest absolute Gasteiger partial charge is 0.220 e. The topological polar surface area (TPSA) is 29.1 Å². The fourth-order valence-electron chi connectivity index (χ4n) is 0.852. The second-order valence-corrected chi connectivity index (χ2v) is 3.17. The molecule has 2 nitrogen and oxygen atoms in total. The molecule has 0 saturated heterocycles. The molecule has 0 heterocycles. The van der Waals surface area contributed by atoms with Gasteiger partial charge in [-0.15, -0.1) is 0 Å². The molecule has 0 aliphatic rings. The van der Waals surface area contributed by atoms with Crippen LogP contribution in [0.3, 0.4) is 0 Å². The molecule has 1 N–H and O–H groups in total. The van der Waals surface area contributed by atoms with Crippen molar-refractivity contribution in [1.29, 1.82) is 0 Å². The second-order valence-electron chi connectivity index (χ2n) is 3.17. The maximum atomic E-state index is 11.0. The number of hydrogen-bond donors (Lipinski definition) is 1. The van der Waals surface area contributed by atoms with Crippen molar-refractivity contribution in [2.45, 2.75) is 52.5 Å². The standard InChI is InChI=1S/C9H19NO/c1-5-8(11)10-9(4,6-2)7-3/h5-7H2,1-4H3,(H,10,11). The van der Waals surface area contributed by atoms with E-state index in [0.29, 0.717) is 6.42 Å². The van der Waals surface area contributed by atoms with E-state index in [1.165, 1.54) is 0 Å². The minimum absolute atomic E-state index is 0.00704. The number of carbonyl (C=O) groups is 1. The van der Waals surface area contributed by atoms with Crippen molar-refractivity contribution in [3.8, 4) is 0 Å². The van der Waals surface area contributed by atoms with Crippen molar-refractivity contribution in [1.82, 2.24) is 5.32 Å². The Balaban J connectivity index is 3.96. The van der Waals surface area contributed by atoms with E-state index in [1.54, 1.807) is 0 Å². The zero-order valence-electron chi connectivity index (χ0n) is 8.03. The average molecular weight is 157 g/mol. The van der Waals surface area contributed by atoms with Crippen LogP contribution in [0.5, 0.6) is 0 Å². The predicted octanol–water partition coefficient (Wildman–Crippen LogP) is 2.09. The highest BCUT2D eigenvalue weighted by atomic mass is 16.1. The molecule has 0 spiro atoms. The molecular formula is C9H19NO. The minimum atomic E-state index is 0.00704. The van der Waals surface area contributed by atoms with E-state index in [-0.39, 0.29) is 11.4 Å². The number of amides is 1. The van der Waals surface area contributed by atoms with Crippen LogP contribution < -0.4 is 5.32 Å². The van der Waals surface area contributed by atoms with Crippen LogP contribution in [0.4, 0.5) is 0 Å². The quantitative estimate of drug-likeness (QED) is 0.665. The molecule has 0 saturated carbocycles. The summed E-state index contributed by atoms with van der Waals surface area (Å²) in [5, 5.41) is 3.00. The van der Waals surface area contributed by atoms with E-state index < -0.39 is 0 Å². The van der Waals surface area contributed by atoms with E-state index in [1.807, 2.05) is 6.92 Å². The zero-order chi connectivity index (χ0) is 8.91. The third-order valence-electron chi connectivity index (χ3n) is 2.32. The lowest BCUT2D eigenvalue weighted by atomic mass is 9.95. The molecule has 0 aromatic heterocycles. The van der Waals surface area contributed by atoms with Crippen molar-refractivity contribution < 1.29 is 4.79 Å². The lowest BCUT2D eigenvalue weighted by Gasteiger charge is -2.27. The molecule has 0 aliphatic heterocycles. The van der Waals surface area contributed by atoms with Crippen LogP contribution in [0.2, 0.25) is 0 Å². The molecule has 0 atom stereocenters. The maximum Gasteiger partial charge on any atom is 0.220 e. The Labute approximate surface area is 69.4 Å². The number of nitrogens with one attached hydrogen (secondary N) is 1. The van der Waals surface area contributed by atoms with E-state index in [4.69, 9.17) is 0 Å². The van der Waals surface area contributed by atoms with Crippen LogP contribution in [0.15, 0.2) is 0 Å². The summed E-state index contributed by atoms with van der Waals surface area (Å²) in [6.45, 7) is 8.15.